The van der Waals surface area contributed by atoms with Crippen molar-refractivity contribution in [1.82, 2.24) is 0 Å². The molecule has 0 aromatic carbocycles. The number of hydrogen-bond donors (Lipinski definition) is 1. The molecule has 0 radical (unpaired) electrons. The highest BCUT2D eigenvalue weighted by atomic mass is 32.2. The van der Waals surface area contributed by atoms with Crippen LogP contribution in [0.1, 0.15) is 13.3 Å². The highest BCUT2D eigenvalue weighted by Gasteiger charge is 2.12. The predicted octanol–water partition coefficient (Wildman–Crippen LogP) is 0.633. The van der Waals surface area contributed by atoms with E-state index in [2.05, 4.69) is 16.6 Å². The SMILES string of the molecule is CC#CCSCCC(N)C(=O)OC. The lowest BCUT2D eigenvalue weighted by molar-refractivity contribution is -0.142. The van der Waals surface area contributed by atoms with E-state index in [0.717, 1.165) is 11.5 Å². The molecule has 0 saturated heterocycles. The van der Waals surface area contributed by atoms with Gasteiger partial charge >= 0.3 is 5.97 Å². The van der Waals surface area contributed by atoms with Crippen LogP contribution in [0.3, 0.4) is 0 Å². The molecule has 1 atom stereocenters. The van der Waals surface area contributed by atoms with Crippen LogP contribution < -0.4 is 5.73 Å². The van der Waals surface area contributed by atoms with Crippen LogP contribution >= 0.6 is 11.8 Å². The van der Waals surface area contributed by atoms with Crippen LogP contribution in [-0.4, -0.2) is 30.6 Å². The van der Waals surface area contributed by atoms with Crippen LogP contribution in [0.2, 0.25) is 0 Å². The molecule has 0 saturated carbocycles. The quantitative estimate of drug-likeness (QED) is 0.403. The second kappa shape index (κ2) is 7.96. The van der Waals surface area contributed by atoms with E-state index in [-0.39, 0.29) is 5.97 Å². The highest BCUT2D eigenvalue weighted by Crippen LogP contribution is 2.03. The molecule has 3 nitrogen and oxygen atoms in total. The van der Waals surface area contributed by atoms with Gasteiger partial charge in [-0.3, -0.25) is 4.79 Å². The van der Waals surface area contributed by atoms with Crippen molar-refractivity contribution in [1.29, 1.82) is 0 Å². The largest absolute Gasteiger partial charge is 0.468 e. The minimum Gasteiger partial charge on any atom is -0.468 e. The highest BCUT2D eigenvalue weighted by molar-refractivity contribution is 7.99. The van der Waals surface area contributed by atoms with Gasteiger partial charge in [-0.1, -0.05) is 5.92 Å². The van der Waals surface area contributed by atoms with Gasteiger partial charge in [-0.2, -0.15) is 0 Å². The number of esters is 1. The third-order valence-corrected chi connectivity index (χ3v) is 2.30. The van der Waals surface area contributed by atoms with E-state index in [1.807, 2.05) is 0 Å². The first kappa shape index (κ1) is 12.3. The van der Waals surface area contributed by atoms with Crippen LogP contribution in [0.15, 0.2) is 0 Å². The number of carbonyl (C=O) groups is 1. The molecule has 74 valence electrons. The molecule has 1 unspecified atom stereocenters. The summed E-state index contributed by atoms with van der Waals surface area (Å²) in [6.45, 7) is 1.81. The van der Waals surface area contributed by atoms with Crippen molar-refractivity contribution in [3.63, 3.8) is 0 Å². The Morgan fingerprint density at radius 1 is 1.69 bits per heavy atom. The molecule has 0 fully saturated rings. The van der Waals surface area contributed by atoms with Crippen molar-refractivity contribution < 1.29 is 9.53 Å². The molecule has 0 heterocycles. The van der Waals surface area contributed by atoms with Crippen LogP contribution in [0.4, 0.5) is 0 Å². The molecule has 0 bridgehead atoms. The van der Waals surface area contributed by atoms with Gasteiger partial charge in [-0.15, -0.1) is 17.7 Å². The zero-order valence-electron chi connectivity index (χ0n) is 8.00. The van der Waals surface area contributed by atoms with E-state index < -0.39 is 6.04 Å². The summed E-state index contributed by atoms with van der Waals surface area (Å²) in [5, 5.41) is 0. The number of nitrogens with two attached hydrogens (primary N) is 1. The number of methoxy groups -OCH3 is 1. The van der Waals surface area contributed by atoms with Gasteiger partial charge in [0.2, 0.25) is 0 Å². The van der Waals surface area contributed by atoms with Gasteiger partial charge in [0.1, 0.15) is 6.04 Å². The third-order valence-electron chi connectivity index (χ3n) is 1.43. The summed E-state index contributed by atoms with van der Waals surface area (Å²) < 4.78 is 4.49. The average molecular weight is 201 g/mol. The number of thioether (sulfide) groups is 1. The van der Waals surface area contributed by atoms with E-state index in [1.54, 1.807) is 18.7 Å². The fourth-order valence-corrected chi connectivity index (χ4v) is 1.49. The van der Waals surface area contributed by atoms with Gasteiger partial charge in [0.15, 0.2) is 0 Å². The van der Waals surface area contributed by atoms with E-state index >= 15 is 0 Å². The van der Waals surface area contributed by atoms with Gasteiger partial charge < -0.3 is 10.5 Å². The molecule has 13 heavy (non-hydrogen) atoms. The van der Waals surface area contributed by atoms with Crippen molar-refractivity contribution in [3.8, 4) is 11.8 Å². The molecule has 0 spiro atoms. The van der Waals surface area contributed by atoms with E-state index in [0.29, 0.717) is 6.42 Å². The zero-order chi connectivity index (χ0) is 10.1. The Morgan fingerprint density at radius 3 is 2.92 bits per heavy atom. The summed E-state index contributed by atoms with van der Waals surface area (Å²) in [6, 6.07) is -0.493. The predicted molar refractivity (Wildman–Crippen MR) is 55.4 cm³/mol. The van der Waals surface area contributed by atoms with E-state index in [4.69, 9.17) is 5.73 Å². The van der Waals surface area contributed by atoms with Crippen LogP contribution in [0.5, 0.6) is 0 Å². The van der Waals surface area contributed by atoms with Crippen molar-refractivity contribution in [2.45, 2.75) is 19.4 Å². The monoisotopic (exact) mass is 201 g/mol. The van der Waals surface area contributed by atoms with Crippen LogP contribution in [0.25, 0.3) is 0 Å². The summed E-state index contributed by atoms with van der Waals surface area (Å²) in [5.74, 6) is 7.01. The molecule has 0 aromatic heterocycles. The number of ether oxygens (including phenoxy) is 1. The molecular weight excluding hydrogens is 186 g/mol. The van der Waals surface area contributed by atoms with Crippen molar-refractivity contribution in [2.24, 2.45) is 5.73 Å². The zero-order valence-corrected chi connectivity index (χ0v) is 8.82. The second-order valence-corrected chi connectivity index (χ2v) is 3.50. The molecular formula is C9H15NO2S. The van der Waals surface area contributed by atoms with Gasteiger partial charge in [0.25, 0.3) is 0 Å². The number of hydrogen-bond acceptors (Lipinski definition) is 4. The van der Waals surface area contributed by atoms with Crippen molar-refractivity contribution in [2.75, 3.05) is 18.6 Å². The number of carbonyl (C=O) groups excluding carboxylic acids is 1. The summed E-state index contributed by atoms with van der Waals surface area (Å²) in [6.07, 6.45) is 0.642. The lowest BCUT2D eigenvalue weighted by Gasteiger charge is -2.07. The maximum Gasteiger partial charge on any atom is 0.322 e. The Labute approximate surface area is 83.4 Å². The fourth-order valence-electron chi connectivity index (χ4n) is 0.675. The van der Waals surface area contributed by atoms with Crippen LogP contribution in [-0.2, 0) is 9.53 Å². The van der Waals surface area contributed by atoms with Crippen LogP contribution in [0, 0.1) is 11.8 Å². The van der Waals surface area contributed by atoms with Gasteiger partial charge in [0.05, 0.1) is 12.9 Å². The first-order valence-electron chi connectivity index (χ1n) is 4.03. The first-order chi connectivity index (χ1) is 6.22. The summed E-state index contributed by atoms with van der Waals surface area (Å²) in [5.41, 5.74) is 5.52. The Bertz CT molecular complexity index is 207. The molecule has 0 rings (SSSR count). The minimum absolute atomic E-state index is 0.345. The Balaban J connectivity index is 3.40. The smallest absolute Gasteiger partial charge is 0.322 e. The molecule has 0 amide bonds. The topological polar surface area (TPSA) is 52.3 Å². The Kier molecular flexibility index (Phi) is 7.56. The van der Waals surface area contributed by atoms with Gasteiger partial charge in [0, 0.05) is 0 Å². The Morgan fingerprint density at radius 2 is 2.38 bits per heavy atom. The fraction of sp³-hybridized carbons (Fsp3) is 0.667. The summed E-state index contributed by atoms with van der Waals surface area (Å²) >= 11 is 1.67. The molecule has 2 N–H and O–H groups in total. The average Bonchev–Trinajstić information content (AvgIpc) is 2.16. The molecule has 4 heteroatoms. The maximum atomic E-state index is 10.8. The lowest BCUT2D eigenvalue weighted by atomic mass is 10.2. The third kappa shape index (κ3) is 6.50. The molecule has 0 aromatic rings. The minimum atomic E-state index is -0.493. The van der Waals surface area contributed by atoms with E-state index in [1.165, 1.54) is 7.11 Å². The second-order valence-electron chi connectivity index (χ2n) is 2.40. The lowest BCUT2D eigenvalue weighted by Crippen LogP contribution is -2.31. The molecule has 0 aliphatic rings. The van der Waals surface area contributed by atoms with Gasteiger partial charge in [-0.05, 0) is 19.1 Å². The molecule has 0 aliphatic heterocycles. The normalized spacial score (nSPS) is 11.3. The maximum absolute atomic E-state index is 10.8. The molecule has 0 aliphatic carbocycles. The first-order valence-corrected chi connectivity index (χ1v) is 5.18. The summed E-state index contributed by atoms with van der Waals surface area (Å²) in [7, 11) is 1.35. The summed E-state index contributed by atoms with van der Waals surface area (Å²) in [4.78, 5) is 10.8. The van der Waals surface area contributed by atoms with Crippen molar-refractivity contribution in [3.05, 3.63) is 0 Å². The van der Waals surface area contributed by atoms with Gasteiger partial charge in [-0.25, -0.2) is 0 Å². The Hall–Kier alpha value is -0.660. The van der Waals surface area contributed by atoms with E-state index in [9.17, 15) is 4.79 Å². The van der Waals surface area contributed by atoms with Crippen molar-refractivity contribution >= 4 is 17.7 Å². The standard InChI is InChI=1S/C9H15NO2S/c1-3-4-6-13-7-5-8(10)9(11)12-2/h8H,5-7,10H2,1-2H3. The number of rotatable bonds is 5.